The highest BCUT2D eigenvalue weighted by molar-refractivity contribution is 8.17. The summed E-state index contributed by atoms with van der Waals surface area (Å²) in [6.07, 6.45) is 0.502. The van der Waals surface area contributed by atoms with Gasteiger partial charge in [-0.3, -0.25) is 4.21 Å². The zero-order valence-electron chi connectivity index (χ0n) is 13.5. The molecular formula is C15H15F3N4O2S2. The third-order valence-electron chi connectivity index (χ3n) is 3.72. The van der Waals surface area contributed by atoms with Gasteiger partial charge in [-0.05, 0) is 6.08 Å². The molecule has 0 saturated carbocycles. The summed E-state index contributed by atoms with van der Waals surface area (Å²) in [5.74, 6) is 0.160. The van der Waals surface area contributed by atoms with Crippen molar-refractivity contribution in [2.75, 3.05) is 19.5 Å². The maximum atomic E-state index is 13.6. The van der Waals surface area contributed by atoms with Crippen LogP contribution in [0.4, 0.5) is 13.2 Å². The van der Waals surface area contributed by atoms with Crippen molar-refractivity contribution >= 4 is 28.3 Å². The first kappa shape index (κ1) is 18.9. The molecule has 0 radical (unpaired) electrons. The second kappa shape index (κ2) is 7.41. The predicted octanol–water partition coefficient (Wildman–Crippen LogP) is 1.88. The molecule has 140 valence electrons. The molecule has 0 fully saturated rings. The maximum absolute atomic E-state index is 13.6. The number of nitrogens with zero attached hydrogens (tertiary/aromatic N) is 2. The zero-order chi connectivity index (χ0) is 18.9. The van der Waals surface area contributed by atoms with E-state index in [1.807, 2.05) is 0 Å². The Morgan fingerprint density at radius 2 is 2.08 bits per heavy atom. The standard InChI is InChI=1S/C15H15F3N4O2S2/c1-24-2-3-26(23)14-12(19)11-9(15(16,17)18)4-10(22-13(11)25-14)8-5-20-7-21-6-8/h4-7,13,22H,2-3,19H2,1H3. The molecule has 2 atom stereocenters. The number of allylic oxidation sites excluding steroid dienone is 2. The van der Waals surface area contributed by atoms with E-state index in [0.29, 0.717) is 5.56 Å². The number of alkyl halides is 3. The van der Waals surface area contributed by atoms with Crippen LogP contribution < -0.4 is 11.1 Å². The number of nitrogens with two attached hydrogens (primary N) is 1. The lowest BCUT2D eigenvalue weighted by atomic mass is 9.99. The first-order chi connectivity index (χ1) is 12.3. The van der Waals surface area contributed by atoms with E-state index < -0.39 is 27.9 Å². The third kappa shape index (κ3) is 3.64. The highest BCUT2D eigenvalue weighted by Gasteiger charge is 2.44. The predicted molar refractivity (Wildman–Crippen MR) is 93.7 cm³/mol. The molecule has 3 rings (SSSR count). The molecule has 0 amide bonds. The maximum Gasteiger partial charge on any atom is 0.416 e. The number of fused-ring (bicyclic) bond motifs is 1. The van der Waals surface area contributed by atoms with Crippen LogP contribution in [0.2, 0.25) is 0 Å². The highest BCUT2D eigenvalue weighted by atomic mass is 32.2. The molecule has 0 saturated heterocycles. The number of dihydropyridines is 1. The van der Waals surface area contributed by atoms with Crippen molar-refractivity contribution in [3.63, 3.8) is 0 Å². The van der Waals surface area contributed by atoms with E-state index in [-0.39, 0.29) is 33.6 Å². The van der Waals surface area contributed by atoms with Crippen molar-refractivity contribution in [2.45, 2.75) is 11.6 Å². The molecular weight excluding hydrogens is 389 g/mol. The van der Waals surface area contributed by atoms with Crippen molar-refractivity contribution < 1.29 is 22.1 Å². The van der Waals surface area contributed by atoms with E-state index in [1.54, 1.807) is 0 Å². The van der Waals surface area contributed by atoms with Gasteiger partial charge in [0.25, 0.3) is 0 Å². The summed E-state index contributed by atoms with van der Waals surface area (Å²) in [4.78, 5) is 7.66. The molecule has 0 spiro atoms. The van der Waals surface area contributed by atoms with Crippen LogP contribution in [0.5, 0.6) is 0 Å². The van der Waals surface area contributed by atoms with Crippen molar-refractivity contribution in [3.8, 4) is 0 Å². The number of hydrogen-bond acceptors (Lipinski definition) is 7. The van der Waals surface area contributed by atoms with Gasteiger partial charge in [0.2, 0.25) is 0 Å². The van der Waals surface area contributed by atoms with Crippen LogP contribution in [-0.4, -0.2) is 45.2 Å². The fourth-order valence-electron chi connectivity index (χ4n) is 2.54. The molecule has 11 heteroatoms. The third-order valence-corrected chi connectivity index (χ3v) is 6.76. The Balaban J connectivity index is 2.05. The molecule has 0 aliphatic carbocycles. The quantitative estimate of drug-likeness (QED) is 0.774. The number of methoxy groups -OCH3 is 1. The molecule has 26 heavy (non-hydrogen) atoms. The summed E-state index contributed by atoms with van der Waals surface area (Å²) in [5, 5.41) is 2.22. The molecule has 3 heterocycles. The van der Waals surface area contributed by atoms with Crippen LogP contribution in [0.25, 0.3) is 5.70 Å². The van der Waals surface area contributed by atoms with Gasteiger partial charge in [0.15, 0.2) is 0 Å². The first-order valence-corrected chi connectivity index (χ1v) is 9.62. The smallest absolute Gasteiger partial charge is 0.397 e. The van der Waals surface area contributed by atoms with Crippen molar-refractivity contribution in [2.24, 2.45) is 5.73 Å². The average molecular weight is 404 g/mol. The Morgan fingerprint density at radius 3 is 2.69 bits per heavy atom. The SMILES string of the molecule is COCCS(=O)C1=C(N)C2=C(C(F)(F)F)C=C(c3cncnc3)NC2S1. The fourth-order valence-corrected chi connectivity index (χ4v) is 5.38. The lowest BCUT2D eigenvalue weighted by Gasteiger charge is -2.26. The Morgan fingerprint density at radius 1 is 1.38 bits per heavy atom. The van der Waals surface area contributed by atoms with Gasteiger partial charge < -0.3 is 15.8 Å². The van der Waals surface area contributed by atoms with Gasteiger partial charge in [0, 0.05) is 36.3 Å². The summed E-state index contributed by atoms with van der Waals surface area (Å²) < 4.78 is 58.4. The van der Waals surface area contributed by atoms with E-state index in [0.717, 1.165) is 17.8 Å². The van der Waals surface area contributed by atoms with E-state index in [2.05, 4.69) is 15.3 Å². The topological polar surface area (TPSA) is 90.1 Å². The lowest BCUT2D eigenvalue weighted by Crippen LogP contribution is -2.33. The largest absolute Gasteiger partial charge is 0.416 e. The summed E-state index contributed by atoms with van der Waals surface area (Å²) in [6.45, 7) is 0.220. The second-order valence-electron chi connectivity index (χ2n) is 5.40. The van der Waals surface area contributed by atoms with Gasteiger partial charge in [-0.1, -0.05) is 11.8 Å². The van der Waals surface area contributed by atoms with Crippen LogP contribution in [0, 0.1) is 0 Å². The Kier molecular flexibility index (Phi) is 5.39. The highest BCUT2D eigenvalue weighted by Crippen LogP contribution is 2.48. The molecule has 1 aromatic heterocycles. The van der Waals surface area contributed by atoms with Crippen molar-refractivity contribution in [3.05, 3.63) is 51.4 Å². The summed E-state index contributed by atoms with van der Waals surface area (Å²) in [7, 11) is -0.0776. The molecule has 6 nitrogen and oxygen atoms in total. The van der Waals surface area contributed by atoms with Gasteiger partial charge in [-0.25, -0.2) is 9.97 Å². The number of rotatable bonds is 5. The number of thioether (sulfide) groups is 1. The fraction of sp³-hybridized carbons (Fsp3) is 0.333. The Hall–Kier alpha value is -1.85. The molecule has 0 bridgehead atoms. The summed E-state index contributed by atoms with van der Waals surface area (Å²) >= 11 is 1.03. The van der Waals surface area contributed by atoms with E-state index in [9.17, 15) is 17.4 Å². The van der Waals surface area contributed by atoms with Crippen molar-refractivity contribution in [1.82, 2.24) is 15.3 Å². The van der Waals surface area contributed by atoms with E-state index >= 15 is 0 Å². The zero-order valence-corrected chi connectivity index (χ0v) is 15.2. The monoisotopic (exact) mass is 404 g/mol. The molecule has 2 aliphatic rings. The molecule has 3 N–H and O–H groups in total. The van der Waals surface area contributed by atoms with Gasteiger partial charge in [0.05, 0.1) is 38.7 Å². The minimum atomic E-state index is -4.61. The van der Waals surface area contributed by atoms with Gasteiger partial charge in [-0.2, -0.15) is 13.2 Å². The summed E-state index contributed by atoms with van der Waals surface area (Å²) in [5.41, 5.74) is 5.56. The number of hydrogen-bond donors (Lipinski definition) is 2. The molecule has 2 aliphatic heterocycles. The van der Waals surface area contributed by atoms with Crippen LogP contribution >= 0.6 is 11.8 Å². The van der Waals surface area contributed by atoms with Gasteiger partial charge in [-0.15, -0.1) is 0 Å². The number of halogens is 3. The van der Waals surface area contributed by atoms with Crippen molar-refractivity contribution in [1.29, 1.82) is 0 Å². The molecule has 0 aromatic carbocycles. The number of ether oxygens (including phenoxy) is 1. The summed E-state index contributed by atoms with van der Waals surface area (Å²) in [6, 6.07) is 0. The van der Waals surface area contributed by atoms with Crippen LogP contribution in [0.15, 0.2) is 45.9 Å². The Labute approximate surface area is 154 Å². The van der Waals surface area contributed by atoms with E-state index in [1.165, 1.54) is 25.8 Å². The van der Waals surface area contributed by atoms with Crippen LogP contribution in [-0.2, 0) is 15.5 Å². The average Bonchev–Trinajstić information content (AvgIpc) is 2.95. The second-order valence-corrected chi connectivity index (χ2v) is 8.28. The van der Waals surface area contributed by atoms with Gasteiger partial charge in [0.1, 0.15) is 11.7 Å². The van der Waals surface area contributed by atoms with Crippen LogP contribution in [0.1, 0.15) is 5.56 Å². The van der Waals surface area contributed by atoms with Crippen LogP contribution in [0.3, 0.4) is 0 Å². The normalized spacial score (nSPS) is 21.4. The first-order valence-electron chi connectivity index (χ1n) is 7.42. The Bertz CT molecular complexity index is 822. The lowest BCUT2D eigenvalue weighted by molar-refractivity contribution is -0.0891. The van der Waals surface area contributed by atoms with Gasteiger partial charge >= 0.3 is 6.18 Å². The molecule has 2 unspecified atom stereocenters. The number of nitrogens with one attached hydrogen (secondary N) is 1. The number of aromatic nitrogens is 2. The van der Waals surface area contributed by atoms with E-state index in [4.69, 9.17) is 10.5 Å². The molecule has 1 aromatic rings. The minimum absolute atomic E-state index is 0.0890. The minimum Gasteiger partial charge on any atom is -0.397 e.